The van der Waals surface area contributed by atoms with Crippen LogP contribution in [0, 0.1) is 11.3 Å². The van der Waals surface area contributed by atoms with Gasteiger partial charge >= 0.3 is 0 Å². The van der Waals surface area contributed by atoms with Crippen molar-refractivity contribution in [1.82, 2.24) is 15.3 Å². The van der Waals surface area contributed by atoms with Crippen molar-refractivity contribution in [2.75, 3.05) is 16.4 Å². The minimum absolute atomic E-state index is 0.0614. The SMILES string of the molecule is CC1=C(C(=O)Nc2nccs2)[C@H](c2ccco2)C(C#N)=C(SCC(=O)Nc2nccs2)N1. The maximum absolute atomic E-state index is 13.1. The fourth-order valence-electron chi connectivity index (χ4n) is 3.10. The molecule has 0 radical (unpaired) electrons. The molecule has 32 heavy (non-hydrogen) atoms. The summed E-state index contributed by atoms with van der Waals surface area (Å²) in [6.07, 6.45) is 4.69. The molecule has 1 aliphatic rings. The molecule has 4 heterocycles. The van der Waals surface area contributed by atoms with E-state index in [0.717, 1.165) is 0 Å². The van der Waals surface area contributed by atoms with Gasteiger partial charge in [0.05, 0.1) is 40.2 Å². The molecule has 2 amide bonds. The summed E-state index contributed by atoms with van der Waals surface area (Å²) in [6, 6.07) is 5.61. The van der Waals surface area contributed by atoms with Crippen LogP contribution in [0.2, 0.25) is 0 Å². The number of furan rings is 1. The van der Waals surface area contributed by atoms with E-state index in [-0.39, 0.29) is 17.6 Å². The summed E-state index contributed by atoms with van der Waals surface area (Å²) in [5, 5.41) is 23.5. The Kier molecular flexibility index (Phi) is 6.69. The summed E-state index contributed by atoms with van der Waals surface area (Å²) in [4.78, 5) is 33.5. The molecule has 0 saturated carbocycles. The van der Waals surface area contributed by atoms with Gasteiger partial charge in [-0.15, -0.1) is 22.7 Å². The lowest BCUT2D eigenvalue weighted by Crippen LogP contribution is -2.31. The highest BCUT2D eigenvalue weighted by molar-refractivity contribution is 8.03. The minimum atomic E-state index is -0.722. The molecular formula is C20H16N6O3S3. The number of hydrogen-bond acceptors (Lipinski definition) is 10. The third kappa shape index (κ3) is 4.75. The molecule has 0 bridgehead atoms. The second-order valence-electron chi connectivity index (χ2n) is 6.43. The summed E-state index contributed by atoms with van der Waals surface area (Å²) >= 11 is 3.79. The zero-order chi connectivity index (χ0) is 22.5. The van der Waals surface area contributed by atoms with E-state index in [9.17, 15) is 14.9 Å². The molecule has 3 N–H and O–H groups in total. The number of anilines is 2. The minimum Gasteiger partial charge on any atom is -0.468 e. The Balaban J connectivity index is 1.60. The number of dihydropyridines is 1. The van der Waals surface area contributed by atoms with E-state index in [1.54, 1.807) is 42.2 Å². The van der Waals surface area contributed by atoms with Crippen LogP contribution in [0.4, 0.5) is 10.3 Å². The van der Waals surface area contributed by atoms with E-state index in [1.165, 1.54) is 40.7 Å². The lowest BCUT2D eigenvalue weighted by atomic mass is 9.85. The lowest BCUT2D eigenvalue weighted by Gasteiger charge is -2.28. The number of allylic oxidation sites excluding steroid dienone is 2. The van der Waals surface area contributed by atoms with Crippen LogP contribution in [-0.2, 0) is 9.59 Å². The van der Waals surface area contributed by atoms with Crippen LogP contribution in [0.1, 0.15) is 18.6 Å². The van der Waals surface area contributed by atoms with Crippen LogP contribution in [0.3, 0.4) is 0 Å². The third-order valence-corrected chi connectivity index (χ3v) is 6.79. The number of thioether (sulfide) groups is 1. The molecule has 1 atom stereocenters. The summed E-state index contributed by atoms with van der Waals surface area (Å²) < 4.78 is 5.58. The largest absolute Gasteiger partial charge is 0.468 e. The second kappa shape index (κ2) is 9.82. The van der Waals surface area contributed by atoms with E-state index in [4.69, 9.17) is 4.42 Å². The second-order valence-corrected chi connectivity index (χ2v) is 9.21. The third-order valence-electron chi connectivity index (χ3n) is 4.40. The van der Waals surface area contributed by atoms with Gasteiger partial charge in [-0.05, 0) is 19.1 Å². The molecule has 3 aromatic heterocycles. The van der Waals surface area contributed by atoms with Gasteiger partial charge in [0.2, 0.25) is 5.91 Å². The molecular weight excluding hydrogens is 468 g/mol. The lowest BCUT2D eigenvalue weighted by molar-refractivity contribution is -0.114. The highest BCUT2D eigenvalue weighted by Crippen LogP contribution is 2.41. The first kappa shape index (κ1) is 21.8. The van der Waals surface area contributed by atoms with Crippen molar-refractivity contribution in [2.45, 2.75) is 12.8 Å². The topological polar surface area (TPSA) is 133 Å². The molecule has 0 spiro atoms. The van der Waals surface area contributed by atoms with Gasteiger partial charge in [-0.3, -0.25) is 14.9 Å². The van der Waals surface area contributed by atoms with Gasteiger partial charge in [0.15, 0.2) is 10.3 Å². The highest BCUT2D eigenvalue weighted by Gasteiger charge is 2.36. The zero-order valence-electron chi connectivity index (χ0n) is 16.6. The van der Waals surface area contributed by atoms with E-state index >= 15 is 0 Å². The number of thiazole rings is 2. The van der Waals surface area contributed by atoms with Crippen molar-refractivity contribution in [3.8, 4) is 6.07 Å². The Bertz CT molecular complexity index is 1210. The smallest absolute Gasteiger partial charge is 0.256 e. The Morgan fingerprint density at radius 3 is 2.56 bits per heavy atom. The molecule has 0 aromatic carbocycles. The van der Waals surface area contributed by atoms with Gasteiger partial charge < -0.3 is 15.1 Å². The molecule has 1 aliphatic heterocycles. The summed E-state index contributed by atoms with van der Waals surface area (Å²) in [5.74, 6) is -0.839. The van der Waals surface area contributed by atoms with Crippen LogP contribution in [0.15, 0.2) is 67.8 Å². The monoisotopic (exact) mass is 484 g/mol. The van der Waals surface area contributed by atoms with Crippen molar-refractivity contribution in [3.05, 3.63) is 69.2 Å². The van der Waals surface area contributed by atoms with Gasteiger partial charge in [-0.2, -0.15) is 5.26 Å². The van der Waals surface area contributed by atoms with Gasteiger partial charge in [-0.1, -0.05) is 11.8 Å². The number of rotatable bonds is 7. The average Bonchev–Trinajstić information content (AvgIpc) is 3.55. The molecule has 9 nitrogen and oxygen atoms in total. The number of aromatic nitrogens is 2. The number of nitrogens with one attached hydrogen (secondary N) is 3. The molecule has 0 saturated heterocycles. The molecule has 4 rings (SSSR count). The molecule has 162 valence electrons. The van der Waals surface area contributed by atoms with Crippen LogP contribution < -0.4 is 16.0 Å². The van der Waals surface area contributed by atoms with Crippen molar-refractivity contribution < 1.29 is 14.0 Å². The number of carbonyl (C=O) groups excluding carboxylic acids is 2. The standard InChI is InChI=1S/C20H16N6O3S3/c1-11-15(17(28)26-20-23-5-8-31-20)16(13-3-2-6-29-13)12(9-21)18(24-11)32-10-14(27)25-19-22-4-7-30-19/h2-8,16,24H,10H2,1H3,(H,22,25,27)(H,23,26,28)/t16-/m0/s1. The normalized spacial score (nSPS) is 15.8. The van der Waals surface area contributed by atoms with E-state index in [0.29, 0.717) is 37.9 Å². The predicted molar refractivity (Wildman–Crippen MR) is 124 cm³/mol. The quantitative estimate of drug-likeness (QED) is 0.460. The fourth-order valence-corrected chi connectivity index (χ4v) is 5.06. The summed E-state index contributed by atoms with van der Waals surface area (Å²) in [6.45, 7) is 1.75. The van der Waals surface area contributed by atoms with Gasteiger partial charge in [-0.25, -0.2) is 9.97 Å². The first-order valence-corrected chi connectivity index (χ1v) is 12.0. The van der Waals surface area contributed by atoms with Crippen LogP contribution in [-0.4, -0.2) is 27.5 Å². The van der Waals surface area contributed by atoms with Crippen LogP contribution in [0.25, 0.3) is 0 Å². The molecule has 12 heteroatoms. The Morgan fingerprint density at radius 1 is 1.25 bits per heavy atom. The van der Waals surface area contributed by atoms with Crippen molar-refractivity contribution >= 4 is 56.5 Å². The molecule has 0 aliphatic carbocycles. The van der Waals surface area contributed by atoms with E-state index in [2.05, 4.69) is 32.0 Å². The van der Waals surface area contributed by atoms with Gasteiger partial charge in [0.1, 0.15) is 5.76 Å². The van der Waals surface area contributed by atoms with Crippen LogP contribution in [0.5, 0.6) is 0 Å². The maximum atomic E-state index is 13.1. The van der Waals surface area contributed by atoms with Crippen molar-refractivity contribution in [2.24, 2.45) is 0 Å². The van der Waals surface area contributed by atoms with Crippen molar-refractivity contribution in [3.63, 3.8) is 0 Å². The zero-order valence-corrected chi connectivity index (χ0v) is 19.1. The van der Waals surface area contributed by atoms with Gasteiger partial charge in [0, 0.05) is 28.9 Å². The Labute approximate surface area is 195 Å². The van der Waals surface area contributed by atoms with Gasteiger partial charge in [0.25, 0.3) is 5.91 Å². The summed E-state index contributed by atoms with van der Waals surface area (Å²) in [7, 11) is 0. The average molecular weight is 485 g/mol. The Morgan fingerprint density at radius 2 is 1.97 bits per heavy atom. The number of hydrogen-bond donors (Lipinski definition) is 3. The highest BCUT2D eigenvalue weighted by atomic mass is 32.2. The first-order valence-electron chi connectivity index (χ1n) is 9.25. The molecule has 0 fully saturated rings. The molecule has 3 aromatic rings. The maximum Gasteiger partial charge on any atom is 0.256 e. The fraction of sp³-hybridized carbons (Fsp3) is 0.150. The molecule has 0 unspecified atom stereocenters. The summed E-state index contributed by atoms with van der Waals surface area (Å²) in [5.41, 5.74) is 1.20. The van der Waals surface area contributed by atoms with E-state index in [1.807, 2.05) is 0 Å². The number of carbonyl (C=O) groups is 2. The van der Waals surface area contributed by atoms with Crippen LogP contribution >= 0.6 is 34.4 Å². The number of nitrogens with zero attached hydrogens (tertiary/aromatic N) is 3. The first-order chi connectivity index (χ1) is 15.6. The van der Waals surface area contributed by atoms with E-state index < -0.39 is 5.92 Å². The number of nitriles is 1. The van der Waals surface area contributed by atoms with Crippen molar-refractivity contribution in [1.29, 1.82) is 5.26 Å². The number of amides is 2. The Hall–Kier alpha value is -3.40. The predicted octanol–water partition coefficient (Wildman–Crippen LogP) is 3.90.